The third kappa shape index (κ3) is 4.89. The Morgan fingerprint density at radius 2 is 1.78 bits per heavy atom. The molecule has 0 spiro atoms. The normalized spacial score (nSPS) is 13.4. The van der Waals surface area contributed by atoms with Crippen molar-refractivity contribution in [3.63, 3.8) is 0 Å². The fraction of sp³-hybridized carbons (Fsp3) is 0.353. The van der Waals surface area contributed by atoms with Gasteiger partial charge >= 0.3 is 6.18 Å². The number of nitrogens with zero attached hydrogens (tertiary/aromatic N) is 1. The third-order valence-electron chi connectivity index (χ3n) is 4.11. The number of halogens is 3. The summed E-state index contributed by atoms with van der Waals surface area (Å²) in [7, 11) is -3.00. The summed E-state index contributed by atoms with van der Waals surface area (Å²) < 4.78 is 65.0. The van der Waals surface area contributed by atoms with Crippen LogP contribution in [0.5, 0.6) is 0 Å². The molecule has 2 rings (SSSR count). The Morgan fingerprint density at radius 1 is 1.15 bits per heavy atom. The minimum atomic E-state index is -4.72. The second kappa shape index (κ2) is 7.35. The lowest BCUT2D eigenvalue weighted by Gasteiger charge is -2.16. The molecule has 6 nitrogen and oxygen atoms in total. The highest BCUT2D eigenvalue weighted by Crippen LogP contribution is 2.23. The lowest BCUT2D eigenvalue weighted by atomic mass is 10.1. The summed E-state index contributed by atoms with van der Waals surface area (Å²) in [6.07, 6.45) is -3.63. The topological polar surface area (TPSA) is 80.2 Å². The summed E-state index contributed by atoms with van der Waals surface area (Å²) in [6.45, 7) is 4.50. The van der Waals surface area contributed by atoms with Gasteiger partial charge in [0.05, 0.1) is 0 Å². The molecule has 0 fully saturated rings. The van der Waals surface area contributed by atoms with Crippen LogP contribution in [0.4, 0.5) is 18.9 Å². The molecule has 1 aromatic carbocycles. The van der Waals surface area contributed by atoms with Gasteiger partial charge in [0.2, 0.25) is 10.0 Å². The summed E-state index contributed by atoms with van der Waals surface area (Å²) in [4.78, 5) is 12.0. The molecule has 0 unspecified atom stereocenters. The van der Waals surface area contributed by atoms with Crippen LogP contribution in [0.15, 0.2) is 35.4 Å². The summed E-state index contributed by atoms with van der Waals surface area (Å²) in [5.41, 5.74) is 2.53. The number of rotatable bonds is 5. The van der Waals surface area contributed by atoms with Crippen LogP contribution in [0.1, 0.15) is 28.5 Å². The zero-order valence-electron chi connectivity index (χ0n) is 15.2. The molecule has 148 valence electrons. The minimum absolute atomic E-state index is 0.00624. The SMILES string of the molecule is Cc1ccc(NC(=O)c2cc(S(=O)(=O)N[C@H](C)C(F)(F)F)cn2C)cc1C. The summed E-state index contributed by atoms with van der Waals surface area (Å²) in [5, 5.41) is 2.64. The molecule has 0 saturated heterocycles. The van der Waals surface area contributed by atoms with Crippen molar-refractivity contribution in [3.05, 3.63) is 47.3 Å². The van der Waals surface area contributed by atoms with Gasteiger partial charge in [-0.3, -0.25) is 4.79 Å². The highest BCUT2D eigenvalue weighted by molar-refractivity contribution is 7.89. The van der Waals surface area contributed by atoms with Crippen molar-refractivity contribution in [3.8, 4) is 0 Å². The molecule has 2 aromatic rings. The van der Waals surface area contributed by atoms with Crippen LogP contribution in [0.25, 0.3) is 0 Å². The standard InChI is InChI=1S/C17H20F3N3O3S/c1-10-5-6-13(7-11(10)2)21-16(24)15-8-14(9-23(15)4)27(25,26)22-12(3)17(18,19)20/h5-9,12,22H,1-4H3,(H,21,24)/t12-/m1/s1. The first-order chi connectivity index (χ1) is 12.3. The molecular formula is C17H20F3N3O3S. The summed E-state index contributed by atoms with van der Waals surface area (Å²) >= 11 is 0. The van der Waals surface area contributed by atoms with E-state index < -0.39 is 33.0 Å². The number of sulfonamides is 1. The molecule has 0 radical (unpaired) electrons. The maximum atomic E-state index is 12.6. The third-order valence-corrected chi connectivity index (χ3v) is 5.62. The van der Waals surface area contributed by atoms with Gasteiger partial charge in [-0.2, -0.15) is 17.9 Å². The number of amides is 1. The van der Waals surface area contributed by atoms with Crippen LogP contribution in [0.2, 0.25) is 0 Å². The number of aryl methyl sites for hydroxylation is 3. The fourth-order valence-electron chi connectivity index (χ4n) is 2.29. The first kappa shape index (κ1) is 21.0. The van der Waals surface area contributed by atoms with E-state index in [4.69, 9.17) is 0 Å². The van der Waals surface area contributed by atoms with E-state index in [-0.39, 0.29) is 5.69 Å². The average Bonchev–Trinajstić information content (AvgIpc) is 2.92. The van der Waals surface area contributed by atoms with Gasteiger partial charge in [0, 0.05) is 18.9 Å². The van der Waals surface area contributed by atoms with E-state index in [1.165, 1.54) is 11.6 Å². The monoisotopic (exact) mass is 403 g/mol. The number of alkyl halides is 3. The number of benzene rings is 1. The van der Waals surface area contributed by atoms with Crippen molar-refractivity contribution in [2.24, 2.45) is 7.05 Å². The van der Waals surface area contributed by atoms with Crippen LogP contribution in [-0.4, -0.2) is 31.1 Å². The number of nitrogens with one attached hydrogen (secondary N) is 2. The van der Waals surface area contributed by atoms with Crippen LogP contribution in [-0.2, 0) is 17.1 Å². The molecule has 1 amide bonds. The van der Waals surface area contributed by atoms with Gasteiger partial charge in [-0.05, 0) is 50.1 Å². The highest BCUT2D eigenvalue weighted by Gasteiger charge is 2.39. The molecule has 10 heteroatoms. The van der Waals surface area contributed by atoms with Gasteiger partial charge in [-0.15, -0.1) is 0 Å². The highest BCUT2D eigenvalue weighted by atomic mass is 32.2. The summed E-state index contributed by atoms with van der Waals surface area (Å²) in [6, 6.07) is 4.07. The van der Waals surface area contributed by atoms with E-state index in [0.29, 0.717) is 12.6 Å². The predicted octanol–water partition coefficient (Wildman–Crippen LogP) is 3.12. The van der Waals surface area contributed by atoms with Crippen molar-refractivity contribution >= 4 is 21.6 Å². The van der Waals surface area contributed by atoms with Gasteiger partial charge in [0.25, 0.3) is 5.91 Å². The number of carbonyl (C=O) groups is 1. The first-order valence-electron chi connectivity index (χ1n) is 7.95. The molecule has 0 aliphatic carbocycles. The zero-order chi connectivity index (χ0) is 20.6. The van der Waals surface area contributed by atoms with E-state index in [2.05, 4.69) is 5.32 Å². The number of hydrogen-bond acceptors (Lipinski definition) is 3. The first-order valence-corrected chi connectivity index (χ1v) is 9.43. The van der Waals surface area contributed by atoms with E-state index in [1.807, 2.05) is 19.9 Å². The Hall–Kier alpha value is -2.33. The molecule has 0 aliphatic heterocycles. The maximum absolute atomic E-state index is 12.6. The van der Waals surface area contributed by atoms with Gasteiger partial charge < -0.3 is 9.88 Å². The fourth-order valence-corrected chi connectivity index (χ4v) is 3.59. The Labute approximate surface area is 155 Å². The molecular weight excluding hydrogens is 383 g/mol. The molecule has 1 heterocycles. The van der Waals surface area contributed by atoms with E-state index in [9.17, 15) is 26.4 Å². The van der Waals surface area contributed by atoms with Crippen molar-refractivity contribution in [1.82, 2.24) is 9.29 Å². The lowest BCUT2D eigenvalue weighted by Crippen LogP contribution is -2.42. The zero-order valence-corrected chi connectivity index (χ0v) is 16.0. The van der Waals surface area contributed by atoms with Crippen molar-refractivity contribution in [2.45, 2.75) is 37.9 Å². The van der Waals surface area contributed by atoms with E-state index in [1.54, 1.807) is 16.9 Å². The maximum Gasteiger partial charge on any atom is 0.404 e. The Morgan fingerprint density at radius 3 is 2.33 bits per heavy atom. The van der Waals surface area contributed by atoms with Crippen molar-refractivity contribution in [2.75, 3.05) is 5.32 Å². The number of carbonyl (C=O) groups excluding carboxylic acids is 1. The molecule has 0 aliphatic rings. The Balaban J connectivity index is 2.24. The lowest BCUT2D eigenvalue weighted by molar-refractivity contribution is -0.147. The molecule has 27 heavy (non-hydrogen) atoms. The Bertz CT molecular complexity index is 966. The van der Waals surface area contributed by atoms with Crippen LogP contribution in [0.3, 0.4) is 0 Å². The van der Waals surface area contributed by atoms with E-state index in [0.717, 1.165) is 23.4 Å². The van der Waals surface area contributed by atoms with Gasteiger partial charge in [0.1, 0.15) is 16.6 Å². The van der Waals surface area contributed by atoms with E-state index >= 15 is 0 Å². The molecule has 0 saturated carbocycles. The summed E-state index contributed by atoms with van der Waals surface area (Å²) in [5.74, 6) is -0.578. The molecule has 0 bridgehead atoms. The second-order valence-electron chi connectivity index (χ2n) is 6.31. The second-order valence-corrected chi connectivity index (χ2v) is 8.02. The van der Waals surface area contributed by atoms with Crippen LogP contribution < -0.4 is 10.0 Å². The van der Waals surface area contributed by atoms with Crippen molar-refractivity contribution < 1.29 is 26.4 Å². The van der Waals surface area contributed by atoms with Gasteiger partial charge in [-0.25, -0.2) is 8.42 Å². The number of aromatic nitrogens is 1. The largest absolute Gasteiger partial charge is 0.404 e. The molecule has 2 N–H and O–H groups in total. The van der Waals surface area contributed by atoms with Gasteiger partial charge in [-0.1, -0.05) is 6.07 Å². The number of anilines is 1. The Kier molecular flexibility index (Phi) is 5.71. The smallest absolute Gasteiger partial charge is 0.345 e. The van der Waals surface area contributed by atoms with Crippen LogP contribution >= 0.6 is 0 Å². The quantitative estimate of drug-likeness (QED) is 0.805. The van der Waals surface area contributed by atoms with Crippen molar-refractivity contribution in [1.29, 1.82) is 0 Å². The molecule has 1 atom stereocenters. The number of hydrogen-bond donors (Lipinski definition) is 2. The minimum Gasteiger partial charge on any atom is -0.345 e. The predicted molar refractivity (Wildman–Crippen MR) is 95.1 cm³/mol. The average molecular weight is 403 g/mol. The van der Waals surface area contributed by atoms with Gasteiger partial charge in [0.15, 0.2) is 0 Å². The van der Waals surface area contributed by atoms with Crippen LogP contribution in [0, 0.1) is 13.8 Å². The molecule has 1 aromatic heterocycles.